The summed E-state index contributed by atoms with van der Waals surface area (Å²) < 4.78 is 0. The van der Waals surface area contributed by atoms with E-state index in [1.54, 1.807) is 16.2 Å². The number of nitrogens with one attached hydrogen (secondary N) is 2. The third-order valence-corrected chi connectivity index (χ3v) is 7.04. The van der Waals surface area contributed by atoms with E-state index >= 15 is 0 Å². The Bertz CT molecular complexity index is 1090. The molecule has 6 nitrogen and oxygen atoms in total. The predicted octanol–water partition coefficient (Wildman–Crippen LogP) is 5.20. The molecule has 174 valence electrons. The number of allylic oxidation sites excluding steroid dienone is 1. The Labute approximate surface area is 199 Å². The fourth-order valence-corrected chi connectivity index (χ4v) is 5.50. The van der Waals surface area contributed by atoms with Gasteiger partial charge in [0.15, 0.2) is 5.78 Å². The molecule has 2 aromatic rings. The molecule has 1 aliphatic heterocycles. The molecule has 0 saturated carbocycles. The summed E-state index contributed by atoms with van der Waals surface area (Å²) in [5.74, 6) is -0.228. The summed E-state index contributed by atoms with van der Waals surface area (Å²) in [5, 5.41) is 8.32. The monoisotopic (exact) mass is 465 g/mol. The predicted molar refractivity (Wildman–Crippen MR) is 132 cm³/mol. The van der Waals surface area contributed by atoms with E-state index in [4.69, 9.17) is 0 Å². The number of amides is 2. The molecule has 0 saturated heterocycles. The Kier molecular flexibility index (Phi) is 6.70. The van der Waals surface area contributed by atoms with Crippen molar-refractivity contribution in [3.63, 3.8) is 0 Å². The van der Waals surface area contributed by atoms with Gasteiger partial charge in [-0.3, -0.25) is 19.3 Å². The number of benzene rings is 1. The van der Waals surface area contributed by atoms with Gasteiger partial charge in [-0.15, -0.1) is 11.3 Å². The second-order valence-corrected chi connectivity index (χ2v) is 10.5. The number of Topliss-reactive ketones (excluding diaryl/α,β-unsaturated/α-hetero) is 1. The van der Waals surface area contributed by atoms with Crippen molar-refractivity contribution in [1.29, 1.82) is 0 Å². The number of rotatable bonds is 6. The summed E-state index contributed by atoms with van der Waals surface area (Å²) in [5.41, 5.74) is 2.93. The molecular formula is C26H31N3O3S. The summed E-state index contributed by atoms with van der Waals surface area (Å²) >= 11 is 1.54. The number of ketones is 1. The quantitative estimate of drug-likeness (QED) is 0.615. The van der Waals surface area contributed by atoms with E-state index in [9.17, 15) is 14.4 Å². The number of hydrogen-bond donors (Lipinski definition) is 2. The molecular weight excluding hydrogens is 434 g/mol. The van der Waals surface area contributed by atoms with Crippen molar-refractivity contribution in [3.8, 4) is 0 Å². The normalized spacial score (nSPS) is 19.3. The first-order chi connectivity index (χ1) is 15.8. The molecule has 2 amide bonds. The molecule has 1 atom stereocenters. The van der Waals surface area contributed by atoms with Gasteiger partial charge < -0.3 is 10.6 Å². The molecule has 0 radical (unpaired) electrons. The van der Waals surface area contributed by atoms with E-state index in [-0.39, 0.29) is 35.9 Å². The topological polar surface area (TPSA) is 78.5 Å². The SMILES string of the molecule is CCCNC(=O)CCC(=O)N1c2ccccc2NC2=C(C(=O)CC(C)(C)C2)C1c1cccs1. The van der Waals surface area contributed by atoms with E-state index in [0.29, 0.717) is 18.5 Å². The van der Waals surface area contributed by atoms with Crippen LogP contribution < -0.4 is 15.5 Å². The van der Waals surface area contributed by atoms with Gasteiger partial charge in [0.2, 0.25) is 11.8 Å². The largest absolute Gasteiger partial charge is 0.357 e. The van der Waals surface area contributed by atoms with Crippen molar-refractivity contribution in [2.75, 3.05) is 16.8 Å². The molecule has 2 heterocycles. The maximum Gasteiger partial charge on any atom is 0.228 e. The number of anilines is 2. The molecule has 2 aliphatic rings. The van der Waals surface area contributed by atoms with E-state index in [1.807, 2.05) is 48.7 Å². The molecule has 2 N–H and O–H groups in total. The number of para-hydroxylation sites is 2. The lowest BCUT2D eigenvalue weighted by Crippen LogP contribution is -2.39. The van der Waals surface area contributed by atoms with Crippen molar-refractivity contribution in [1.82, 2.24) is 5.32 Å². The molecule has 0 fully saturated rings. The standard InChI is InChI=1S/C26H31N3O3S/c1-4-13-27-22(31)11-12-23(32)29-19-9-6-5-8-17(19)28-18-15-26(2,3)16-20(30)24(18)25(29)21-10-7-14-33-21/h5-10,14,25,28H,4,11-13,15-16H2,1-3H3,(H,27,31). The number of hydrogen-bond acceptors (Lipinski definition) is 5. The van der Waals surface area contributed by atoms with Gasteiger partial charge >= 0.3 is 0 Å². The number of carbonyl (C=O) groups excluding carboxylic acids is 3. The zero-order chi connectivity index (χ0) is 23.6. The maximum absolute atomic E-state index is 13.7. The third kappa shape index (κ3) is 4.88. The van der Waals surface area contributed by atoms with Crippen LogP contribution in [0.25, 0.3) is 0 Å². The Morgan fingerprint density at radius 3 is 2.67 bits per heavy atom. The summed E-state index contributed by atoms with van der Waals surface area (Å²) in [4.78, 5) is 42.1. The molecule has 4 rings (SSSR count). The third-order valence-electron chi connectivity index (χ3n) is 6.12. The number of fused-ring (bicyclic) bond motifs is 1. The van der Waals surface area contributed by atoms with Gasteiger partial charge in [-0.05, 0) is 41.8 Å². The fourth-order valence-electron chi connectivity index (χ4n) is 4.67. The van der Waals surface area contributed by atoms with Crippen LogP contribution in [0.2, 0.25) is 0 Å². The maximum atomic E-state index is 13.7. The summed E-state index contributed by atoms with van der Waals surface area (Å²) in [6, 6.07) is 11.1. The highest BCUT2D eigenvalue weighted by Gasteiger charge is 2.43. The van der Waals surface area contributed by atoms with E-state index in [2.05, 4.69) is 24.5 Å². The van der Waals surface area contributed by atoms with Crippen LogP contribution in [0.1, 0.15) is 63.8 Å². The van der Waals surface area contributed by atoms with E-state index in [1.165, 1.54) is 0 Å². The highest BCUT2D eigenvalue weighted by atomic mass is 32.1. The summed E-state index contributed by atoms with van der Waals surface area (Å²) in [7, 11) is 0. The lowest BCUT2D eigenvalue weighted by Gasteiger charge is -2.36. The number of thiophene rings is 1. The van der Waals surface area contributed by atoms with Gasteiger partial charge in [-0.25, -0.2) is 0 Å². The Balaban J connectivity index is 1.79. The van der Waals surface area contributed by atoms with Gasteiger partial charge in [0, 0.05) is 42.0 Å². The van der Waals surface area contributed by atoms with E-state index in [0.717, 1.165) is 34.8 Å². The van der Waals surface area contributed by atoms with Crippen LogP contribution >= 0.6 is 11.3 Å². The van der Waals surface area contributed by atoms with Crippen molar-refractivity contribution in [3.05, 3.63) is 57.9 Å². The molecule has 33 heavy (non-hydrogen) atoms. The van der Waals surface area contributed by atoms with Crippen molar-refractivity contribution >= 4 is 40.3 Å². The van der Waals surface area contributed by atoms with Crippen LogP contribution in [0, 0.1) is 5.41 Å². The molecule has 0 bridgehead atoms. The van der Waals surface area contributed by atoms with Crippen molar-refractivity contribution in [2.45, 2.75) is 58.9 Å². The lowest BCUT2D eigenvalue weighted by atomic mass is 9.74. The van der Waals surface area contributed by atoms with Gasteiger partial charge in [0.1, 0.15) is 6.04 Å². The molecule has 1 aromatic heterocycles. The van der Waals surface area contributed by atoms with Crippen LogP contribution in [0.15, 0.2) is 53.0 Å². The Hall–Kier alpha value is -2.93. The van der Waals surface area contributed by atoms with Gasteiger partial charge in [0.05, 0.1) is 11.4 Å². The van der Waals surface area contributed by atoms with E-state index < -0.39 is 6.04 Å². The molecule has 7 heteroatoms. The lowest BCUT2D eigenvalue weighted by molar-refractivity contribution is -0.125. The van der Waals surface area contributed by atoms with Crippen LogP contribution in [-0.4, -0.2) is 24.1 Å². The van der Waals surface area contributed by atoms with Crippen LogP contribution in [0.5, 0.6) is 0 Å². The summed E-state index contributed by atoms with van der Waals surface area (Å²) in [6.07, 6.45) is 2.21. The van der Waals surface area contributed by atoms with Crippen LogP contribution in [0.4, 0.5) is 11.4 Å². The first-order valence-electron chi connectivity index (χ1n) is 11.5. The minimum absolute atomic E-state index is 0.0680. The second-order valence-electron chi connectivity index (χ2n) is 9.51. The second kappa shape index (κ2) is 9.51. The van der Waals surface area contributed by atoms with Crippen molar-refractivity contribution < 1.29 is 14.4 Å². The average Bonchev–Trinajstić information content (AvgIpc) is 3.25. The molecule has 1 unspecified atom stereocenters. The zero-order valence-electron chi connectivity index (χ0n) is 19.4. The van der Waals surface area contributed by atoms with Crippen LogP contribution in [0.3, 0.4) is 0 Å². The highest BCUT2D eigenvalue weighted by molar-refractivity contribution is 7.10. The number of nitrogens with zero attached hydrogens (tertiary/aromatic N) is 1. The zero-order valence-corrected chi connectivity index (χ0v) is 20.3. The molecule has 1 aromatic carbocycles. The first kappa shape index (κ1) is 23.2. The smallest absolute Gasteiger partial charge is 0.228 e. The van der Waals surface area contributed by atoms with Crippen LogP contribution in [-0.2, 0) is 14.4 Å². The molecule has 0 spiro atoms. The number of carbonyl (C=O) groups is 3. The molecule has 1 aliphatic carbocycles. The van der Waals surface area contributed by atoms with Gasteiger partial charge in [0.25, 0.3) is 0 Å². The minimum atomic E-state index is -0.508. The fraction of sp³-hybridized carbons (Fsp3) is 0.423. The average molecular weight is 466 g/mol. The summed E-state index contributed by atoms with van der Waals surface area (Å²) in [6.45, 7) is 6.80. The Morgan fingerprint density at radius 2 is 1.94 bits per heavy atom. The Morgan fingerprint density at radius 1 is 1.15 bits per heavy atom. The minimum Gasteiger partial charge on any atom is -0.357 e. The first-order valence-corrected chi connectivity index (χ1v) is 12.4. The highest BCUT2D eigenvalue weighted by Crippen LogP contribution is 2.49. The van der Waals surface area contributed by atoms with Gasteiger partial charge in [-0.1, -0.05) is 39.0 Å². The van der Waals surface area contributed by atoms with Gasteiger partial charge in [-0.2, -0.15) is 0 Å². The van der Waals surface area contributed by atoms with Crippen molar-refractivity contribution in [2.24, 2.45) is 5.41 Å².